The quantitative estimate of drug-likeness (QED) is 0.0853. The van der Waals surface area contributed by atoms with Gasteiger partial charge in [-0.15, -0.1) is 22.7 Å². The van der Waals surface area contributed by atoms with E-state index in [0.717, 1.165) is 28.6 Å². The van der Waals surface area contributed by atoms with Gasteiger partial charge in [0.25, 0.3) is 0 Å². The maximum Gasteiger partial charge on any atom is 0.0785 e. The number of nitrogens with zero attached hydrogens (tertiary/aromatic N) is 4. The molecular weight excluding hydrogens is 1420 g/mol. The molecule has 2 atom stereocenters. The summed E-state index contributed by atoms with van der Waals surface area (Å²) < 4.78 is 2.87. The fourth-order valence-electron chi connectivity index (χ4n) is 13.1. The van der Waals surface area contributed by atoms with Gasteiger partial charge >= 0.3 is 0 Å². The van der Waals surface area contributed by atoms with Crippen molar-refractivity contribution in [1.82, 2.24) is 19.9 Å². The predicted octanol–water partition coefficient (Wildman–Crippen LogP) is 21.6. The first-order chi connectivity index (χ1) is 52.3. The smallest absolute Gasteiger partial charge is 0.0785 e. The number of thiophene rings is 2. The van der Waals surface area contributed by atoms with Crippen LogP contribution in [0.5, 0.6) is 0 Å². The van der Waals surface area contributed by atoms with Crippen LogP contribution in [0.3, 0.4) is 0 Å². The van der Waals surface area contributed by atoms with Gasteiger partial charge in [0.2, 0.25) is 0 Å². The highest BCUT2D eigenvalue weighted by Gasteiger charge is 2.35. The van der Waals surface area contributed by atoms with Gasteiger partial charge in [-0.3, -0.25) is 19.9 Å². The van der Waals surface area contributed by atoms with E-state index in [0.29, 0.717) is 5.66 Å². The van der Waals surface area contributed by atoms with Gasteiger partial charge in [-0.1, -0.05) is 335 Å². The van der Waals surface area contributed by atoms with Gasteiger partial charge in [0.15, 0.2) is 0 Å². The maximum absolute atomic E-state index is 4.68. The highest BCUT2D eigenvalue weighted by atomic mass is 32.1. The molecule has 17 rings (SSSR count). The van der Waals surface area contributed by atoms with Crippen molar-refractivity contribution < 1.29 is 0 Å². The van der Waals surface area contributed by atoms with Crippen molar-refractivity contribution in [2.75, 3.05) is 6.66 Å². The number of pyridine rings is 4. The Kier molecular flexibility index (Phi) is 26.8. The summed E-state index contributed by atoms with van der Waals surface area (Å²) in [5.41, 5.74) is 6.28. The second-order valence-electron chi connectivity index (χ2n) is 25.5. The van der Waals surface area contributed by atoms with Gasteiger partial charge in [0.05, 0.1) is 16.7 Å². The number of fused-ring (bicyclic) bond motifs is 3. The molecule has 106 heavy (non-hydrogen) atoms. The average molecular weight is 1500 g/mol. The molecule has 0 bridgehead atoms. The summed E-state index contributed by atoms with van der Waals surface area (Å²) in [7, 11) is -2.19. The lowest BCUT2D eigenvalue weighted by Crippen LogP contribution is -2.28. The lowest BCUT2D eigenvalue weighted by molar-refractivity contribution is 0.737. The molecule has 11 heteroatoms. The first-order valence-electron chi connectivity index (χ1n) is 35.6. The van der Waals surface area contributed by atoms with E-state index < -0.39 is 23.8 Å². The molecular formula is C95H83N4P5S2. The number of rotatable bonds is 17. The van der Waals surface area contributed by atoms with Crippen LogP contribution in [-0.2, 0) is 11.3 Å². The van der Waals surface area contributed by atoms with E-state index in [2.05, 4.69) is 410 Å². The second kappa shape index (κ2) is 38.1. The minimum Gasteiger partial charge on any atom is -0.261 e. The van der Waals surface area contributed by atoms with Crippen molar-refractivity contribution in [3.05, 3.63) is 429 Å². The van der Waals surface area contributed by atoms with Gasteiger partial charge in [-0.05, 0) is 170 Å². The van der Waals surface area contributed by atoms with Gasteiger partial charge in [0.1, 0.15) is 0 Å². The first-order valence-corrected chi connectivity index (χ1v) is 44.7. The summed E-state index contributed by atoms with van der Waals surface area (Å²) in [6.45, 7) is 9.30. The molecule has 0 aliphatic carbocycles. The third-order valence-electron chi connectivity index (χ3n) is 18.2. The van der Waals surface area contributed by atoms with Crippen LogP contribution >= 0.6 is 62.3 Å². The molecule has 0 aliphatic heterocycles. The number of benzene rings is 11. The van der Waals surface area contributed by atoms with Gasteiger partial charge in [0, 0.05) is 80.7 Å². The molecule has 0 saturated heterocycles. The van der Waals surface area contributed by atoms with Crippen LogP contribution < -0.4 is 57.0 Å². The van der Waals surface area contributed by atoms with E-state index in [-0.39, 0.29) is 21.0 Å². The minimum atomic E-state index is -0.533. The summed E-state index contributed by atoms with van der Waals surface area (Å²) >= 11 is 3.68. The zero-order valence-corrected chi connectivity index (χ0v) is 66.0. The van der Waals surface area contributed by atoms with E-state index in [1.165, 1.54) is 84.1 Å². The Morgan fingerprint density at radius 1 is 0.330 bits per heavy atom. The summed E-state index contributed by atoms with van der Waals surface area (Å²) in [4.78, 5) is 18.5. The van der Waals surface area contributed by atoms with Crippen LogP contribution in [0, 0.1) is 0 Å². The van der Waals surface area contributed by atoms with E-state index in [1.807, 2.05) is 71.7 Å². The molecule has 11 aromatic carbocycles. The molecule has 0 radical (unpaired) electrons. The van der Waals surface area contributed by atoms with Crippen molar-refractivity contribution in [2.45, 2.75) is 37.7 Å². The molecule has 0 amide bonds. The van der Waals surface area contributed by atoms with Gasteiger partial charge in [-0.2, -0.15) is 0 Å². The average Bonchev–Trinajstić information content (AvgIpc) is 1.21. The summed E-state index contributed by atoms with van der Waals surface area (Å²) in [5.74, 6) is 0. The molecule has 0 fully saturated rings. The van der Waals surface area contributed by atoms with Crippen LogP contribution in [0.1, 0.15) is 43.4 Å². The second-order valence-corrected chi connectivity index (χ2v) is 39.8. The molecule has 6 aromatic heterocycles. The van der Waals surface area contributed by atoms with Crippen molar-refractivity contribution in [1.29, 1.82) is 0 Å². The normalized spacial score (nSPS) is 11.7. The Labute approximate surface area is 639 Å². The number of para-hydroxylation sites is 2. The number of hydrogen-bond acceptors (Lipinski definition) is 6. The van der Waals surface area contributed by atoms with Crippen LogP contribution in [-0.4, -0.2) is 26.6 Å². The van der Waals surface area contributed by atoms with E-state index in [1.54, 1.807) is 0 Å². The summed E-state index contributed by atoms with van der Waals surface area (Å²) in [6.07, 6.45) is 8.54. The van der Waals surface area contributed by atoms with E-state index in [4.69, 9.17) is 0 Å². The van der Waals surface area contributed by atoms with E-state index in [9.17, 15) is 0 Å². The first kappa shape index (κ1) is 74.6. The van der Waals surface area contributed by atoms with Gasteiger partial charge in [-0.25, -0.2) is 0 Å². The van der Waals surface area contributed by atoms with Crippen LogP contribution in [0.4, 0.5) is 0 Å². The Morgan fingerprint density at radius 3 is 1.24 bits per heavy atom. The molecule has 0 saturated carbocycles. The fourth-order valence-corrected chi connectivity index (χ4v) is 27.9. The number of hydrogen-bond donors (Lipinski definition) is 0. The lowest BCUT2D eigenvalue weighted by atomic mass is 10.1. The lowest BCUT2D eigenvalue weighted by Gasteiger charge is -2.35. The Bertz CT molecular complexity index is 5240. The topological polar surface area (TPSA) is 51.6 Å². The predicted molar refractivity (Wildman–Crippen MR) is 471 cm³/mol. The zero-order chi connectivity index (χ0) is 72.5. The largest absolute Gasteiger partial charge is 0.261 e. The van der Waals surface area contributed by atoms with E-state index >= 15 is 0 Å². The van der Waals surface area contributed by atoms with Crippen molar-refractivity contribution >= 4 is 152 Å². The molecule has 17 aromatic rings. The molecule has 0 aliphatic rings. The van der Waals surface area contributed by atoms with Crippen molar-refractivity contribution in [3.63, 3.8) is 0 Å². The Morgan fingerprint density at radius 2 is 0.736 bits per heavy atom. The fraction of sp³-hybridized carbons (Fsp3) is 0.0737. The van der Waals surface area contributed by atoms with Crippen LogP contribution in [0.2, 0.25) is 0 Å². The third-order valence-corrected chi connectivity index (χ3v) is 33.7. The number of aromatic nitrogens is 4. The molecule has 520 valence electrons. The molecule has 4 nitrogen and oxygen atoms in total. The molecule has 0 spiro atoms. The van der Waals surface area contributed by atoms with Crippen molar-refractivity contribution in [3.8, 4) is 0 Å². The van der Waals surface area contributed by atoms with Gasteiger partial charge < -0.3 is 0 Å². The molecule has 2 unspecified atom stereocenters. The minimum absolute atomic E-state index is 0.0285. The highest BCUT2D eigenvalue weighted by Crippen LogP contribution is 2.54. The summed E-state index contributed by atoms with van der Waals surface area (Å²) in [5, 5.41) is 22.1. The molecule has 6 heterocycles. The van der Waals surface area contributed by atoms with Crippen LogP contribution in [0.25, 0.3) is 32.6 Å². The zero-order valence-electron chi connectivity index (χ0n) is 59.9. The molecule has 0 N–H and O–H groups in total. The third kappa shape index (κ3) is 19.1. The van der Waals surface area contributed by atoms with Crippen molar-refractivity contribution in [2.24, 2.45) is 0 Å². The van der Waals surface area contributed by atoms with Crippen LogP contribution in [0.15, 0.2) is 412 Å². The summed E-state index contributed by atoms with van der Waals surface area (Å²) in [6, 6.07) is 133. The standard InChI is InChI=1S/C23H20NP.C20H20NP.C18H16NP.C17H12NPS2.C17H15P/c1-18(22-16-8-10-19-11-9-17-24-23(19)22)25(20-12-4-2-5-13-20)21-14-6-3-7-15-21;1-20(2,19-15-9-10-16-21-19)22(17-11-5-3-6-12-17)18-13-7-4-8-14-18;1-3-10-17(11-4-1)20(18-12-5-2-6-13-18)15-16-9-7-8-14-19-16;1-5-13-6-2-10-18-17(13)14(7-1)19(15-8-3-11-20-15)16-9-4-12-21-16;1-18(15-10-3-2-4-11-15)17-13-7-9-14-8-5-6-12-16(14)17/h2-18H,1H3;3-16H,1-2H3;1-14H,15H2;1-12H;2-13H,1H3. The monoisotopic (exact) mass is 1500 g/mol. The SMILES string of the molecule is CC(C)(c1ccccn1)P(c1ccccc1)c1ccccc1.CC(c1cccc2cccnc12)P(c1ccccc1)c1ccccc1.CP(c1ccccc1)c1cccc2ccccc12.c1ccc(P(Cc2ccccn2)c2ccccc2)cc1.c1csc(P(c2cccs2)c2cccc3cccnc23)c1. The highest BCUT2D eigenvalue weighted by molar-refractivity contribution is 7.87. The Hall–Kier alpha value is -9.65. The Balaban J connectivity index is 0.000000118. The maximum atomic E-state index is 4.68.